The minimum absolute atomic E-state index is 0.224. The van der Waals surface area contributed by atoms with Crippen molar-refractivity contribution in [2.45, 2.75) is 0 Å². The van der Waals surface area contributed by atoms with Crippen LogP contribution in [0.2, 0.25) is 0 Å². The van der Waals surface area contributed by atoms with E-state index < -0.39 is 0 Å². The first-order valence-corrected chi connectivity index (χ1v) is 11.3. The van der Waals surface area contributed by atoms with Gasteiger partial charge < -0.3 is 24.8 Å². The number of amides is 2. The van der Waals surface area contributed by atoms with Gasteiger partial charge in [0.2, 0.25) is 0 Å². The molecule has 2 N–H and O–H groups in total. The number of nitrogens with one attached hydrogen (secondary N) is 2. The van der Waals surface area contributed by atoms with Crippen molar-refractivity contribution in [3.63, 3.8) is 0 Å². The van der Waals surface area contributed by atoms with Crippen molar-refractivity contribution in [3.8, 4) is 28.4 Å². The van der Waals surface area contributed by atoms with Gasteiger partial charge in [-0.2, -0.15) is 0 Å². The Morgan fingerprint density at radius 1 is 0.722 bits per heavy atom. The number of rotatable bonds is 9. The van der Waals surface area contributed by atoms with Gasteiger partial charge in [-0.3, -0.25) is 9.59 Å². The highest BCUT2D eigenvalue weighted by Gasteiger charge is 2.14. The number of hydrogen-bond acceptors (Lipinski definition) is 5. The van der Waals surface area contributed by atoms with Gasteiger partial charge >= 0.3 is 0 Å². The molecule has 0 aliphatic carbocycles. The highest BCUT2D eigenvalue weighted by molar-refractivity contribution is 6.06. The van der Waals surface area contributed by atoms with Gasteiger partial charge in [0.05, 0.1) is 14.2 Å². The van der Waals surface area contributed by atoms with Crippen LogP contribution in [0.5, 0.6) is 17.2 Å². The molecule has 7 heteroatoms. The number of carbonyl (C=O) groups excluding carboxylic acids is 2. The lowest BCUT2D eigenvalue weighted by molar-refractivity contribution is -0.118. The van der Waals surface area contributed by atoms with Gasteiger partial charge in [0.1, 0.15) is 5.75 Å². The number of carbonyl (C=O) groups is 2. The van der Waals surface area contributed by atoms with Crippen molar-refractivity contribution in [2.75, 3.05) is 31.5 Å². The van der Waals surface area contributed by atoms with Gasteiger partial charge in [-0.25, -0.2) is 0 Å². The highest BCUT2D eigenvalue weighted by Crippen LogP contribution is 2.30. The summed E-state index contributed by atoms with van der Waals surface area (Å²) in [6.07, 6.45) is 0. The molecule has 0 spiro atoms. The highest BCUT2D eigenvalue weighted by atomic mass is 16.5. The molecule has 0 fully saturated rings. The zero-order valence-corrected chi connectivity index (χ0v) is 20.0. The maximum Gasteiger partial charge on any atom is 0.262 e. The Morgan fingerprint density at radius 3 is 2.17 bits per heavy atom. The lowest BCUT2D eigenvalue weighted by Gasteiger charge is -2.14. The van der Waals surface area contributed by atoms with Gasteiger partial charge in [-0.05, 0) is 54.1 Å². The summed E-state index contributed by atoms with van der Waals surface area (Å²) in [6.45, 7) is -0.224. The molecule has 0 bridgehead atoms. The van der Waals surface area contributed by atoms with Gasteiger partial charge in [0.25, 0.3) is 11.8 Å². The van der Waals surface area contributed by atoms with Crippen LogP contribution < -0.4 is 24.8 Å². The van der Waals surface area contributed by atoms with E-state index in [1.54, 1.807) is 49.6 Å². The van der Waals surface area contributed by atoms with E-state index >= 15 is 0 Å². The number of benzene rings is 4. The third-order valence-corrected chi connectivity index (χ3v) is 5.42. The zero-order chi connectivity index (χ0) is 25.3. The smallest absolute Gasteiger partial charge is 0.262 e. The van der Waals surface area contributed by atoms with Gasteiger partial charge in [0.15, 0.2) is 18.1 Å². The van der Waals surface area contributed by atoms with E-state index in [1.165, 1.54) is 7.11 Å². The van der Waals surface area contributed by atoms with Crippen molar-refractivity contribution in [2.24, 2.45) is 0 Å². The molecule has 0 aliphatic heterocycles. The van der Waals surface area contributed by atoms with Crippen LogP contribution in [0.15, 0.2) is 97.1 Å². The minimum Gasteiger partial charge on any atom is -0.497 e. The zero-order valence-electron chi connectivity index (χ0n) is 20.0. The summed E-state index contributed by atoms with van der Waals surface area (Å²) in [5, 5.41) is 5.73. The standard InChI is InChI=1S/C29H26N2O5/c1-34-23-15-13-22(14-16-23)30-28(32)19-36-26-17-12-21(18-27(26)35-2)29(33)31-25-11-7-6-10-24(25)20-8-4-3-5-9-20/h3-18H,19H2,1-2H3,(H,30,32)(H,31,33). The van der Waals surface area contributed by atoms with Crippen LogP contribution in [0.3, 0.4) is 0 Å². The van der Waals surface area contributed by atoms with Crippen LogP contribution in [-0.2, 0) is 4.79 Å². The molecule has 0 aromatic heterocycles. The summed E-state index contributed by atoms with van der Waals surface area (Å²) in [4.78, 5) is 25.3. The van der Waals surface area contributed by atoms with Crippen LogP contribution in [0.25, 0.3) is 11.1 Å². The lowest BCUT2D eigenvalue weighted by atomic mass is 10.0. The molecule has 0 saturated heterocycles. The summed E-state index contributed by atoms with van der Waals surface area (Å²) in [5.74, 6) is 0.767. The van der Waals surface area contributed by atoms with Crippen molar-refractivity contribution in [3.05, 3.63) is 103 Å². The quantitative estimate of drug-likeness (QED) is 0.322. The molecule has 4 rings (SSSR count). The molecule has 0 radical (unpaired) electrons. The first-order valence-electron chi connectivity index (χ1n) is 11.3. The van der Waals surface area contributed by atoms with Gasteiger partial charge in [-0.15, -0.1) is 0 Å². The number of methoxy groups -OCH3 is 2. The van der Waals surface area contributed by atoms with Crippen LogP contribution in [0.4, 0.5) is 11.4 Å². The average molecular weight is 483 g/mol. The second-order valence-electron chi connectivity index (χ2n) is 7.80. The molecule has 36 heavy (non-hydrogen) atoms. The Bertz CT molecular complexity index is 1340. The molecule has 4 aromatic carbocycles. The van der Waals surface area contributed by atoms with Crippen molar-refractivity contribution in [1.82, 2.24) is 0 Å². The number of hydrogen-bond donors (Lipinski definition) is 2. The van der Waals surface area contributed by atoms with E-state index in [-0.39, 0.29) is 18.4 Å². The number of para-hydroxylation sites is 1. The number of ether oxygens (including phenoxy) is 3. The Balaban J connectivity index is 1.42. The van der Waals surface area contributed by atoms with E-state index in [1.807, 2.05) is 54.6 Å². The van der Waals surface area contributed by atoms with E-state index in [0.717, 1.165) is 11.1 Å². The average Bonchev–Trinajstić information content (AvgIpc) is 2.93. The van der Waals surface area contributed by atoms with E-state index in [4.69, 9.17) is 14.2 Å². The summed E-state index contributed by atoms with van der Waals surface area (Å²) in [7, 11) is 3.05. The Labute approximate surface area is 209 Å². The molecule has 0 atom stereocenters. The second kappa shape index (κ2) is 11.6. The fourth-order valence-corrected chi connectivity index (χ4v) is 3.60. The Kier molecular flexibility index (Phi) is 7.83. The van der Waals surface area contributed by atoms with Crippen LogP contribution in [-0.4, -0.2) is 32.6 Å². The van der Waals surface area contributed by atoms with Crippen molar-refractivity contribution < 1.29 is 23.8 Å². The molecule has 0 unspecified atom stereocenters. The van der Waals surface area contributed by atoms with Crippen LogP contribution in [0.1, 0.15) is 10.4 Å². The maximum absolute atomic E-state index is 13.0. The van der Waals surface area contributed by atoms with Crippen molar-refractivity contribution >= 4 is 23.2 Å². The summed E-state index contributed by atoms with van der Waals surface area (Å²) < 4.78 is 16.2. The second-order valence-corrected chi connectivity index (χ2v) is 7.80. The molecular weight excluding hydrogens is 456 g/mol. The Morgan fingerprint density at radius 2 is 1.44 bits per heavy atom. The molecule has 0 saturated carbocycles. The lowest BCUT2D eigenvalue weighted by Crippen LogP contribution is -2.20. The summed E-state index contributed by atoms with van der Waals surface area (Å²) in [5.41, 5.74) is 3.64. The topological polar surface area (TPSA) is 85.9 Å². The third kappa shape index (κ3) is 6.01. The van der Waals surface area contributed by atoms with Crippen LogP contribution >= 0.6 is 0 Å². The molecule has 2 amide bonds. The third-order valence-electron chi connectivity index (χ3n) is 5.42. The predicted octanol–water partition coefficient (Wildman–Crippen LogP) is 5.64. The van der Waals surface area contributed by atoms with E-state index in [0.29, 0.717) is 34.2 Å². The van der Waals surface area contributed by atoms with Gasteiger partial charge in [0, 0.05) is 22.5 Å². The van der Waals surface area contributed by atoms with E-state index in [9.17, 15) is 9.59 Å². The fraction of sp³-hybridized carbons (Fsp3) is 0.103. The minimum atomic E-state index is -0.332. The molecule has 0 aliphatic rings. The Hall–Kier alpha value is -4.78. The molecular formula is C29H26N2O5. The molecule has 182 valence electrons. The molecule has 7 nitrogen and oxygen atoms in total. The van der Waals surface area contributed by atoms with Crippen LogP contribution in [0, 0.1) is 0 Å². The van der Waals surface area contributed by atoms with Crippen molar-refractivity contribution in [1.29, 1.82) is 0 Å². The number of anilines is 2. The monoisotopic (exact) mass is 482 g/mol. The fourth-order valence-electron chi connectivity index (χ4n) is 3.60. The largest absolute Gasteiger partial charge is 0.497 e. The SMILES string of the molecule is COc1ccc(NC(=O)COc2ccc(C(=O)Nc3ccccc3-c3ccccc3)cc2OC)cc1. The first-order chi connectivity index (χ1) is 17.6. The predicted molar refractivity (Wildman–Crippen MR) is 140 cm³/mol. The summed E-state index contributed by atoms with van der Waals surface area (Å²) >= 11 is 0. The van der Waals surface area contributed by atoms with E-state index in [2.05, 4.69) is 10.6 Å². The molecule has 4 aromatic rings. The first kappa shape index (κ1) is 24.3. The maximum atomic E-state index is 13.0. The summed E-state index contributed by atoms with van der Waals surface area (Å²) in [6, 6.07) is 29.2. The van der Waals surface area contributed by atoms with Gasteiger partial charge in [-0.1, -0.05) is 48.5 Å². The normalized spacial score (nSPS) is 10.3. The molecule has 0 heterocycles.